The van der Waals surface area contributed by atoms with Crippen molar-refractivity contribution in [2.75, 3.05) is 20.3 Å². The Bertz CT molecular complexity index is 397. The van der Waals surface area contributed by atoms with Crippen molar-refractivity contribution in [3.05, 3.63) is 29.1 Å². The lowest BCUT2D eigenvalue weighted by Crippen LogP contribution is -2.27. The van der Waals surface area contributed by atoms with Gasteiger partial charge in [0.1, 0.15) is 0 Å². The van der Waals surface area contributed by atoms with Crippen LogP contribution in [0.1, 0.15) is 43.1 Å². The van der Waals surface area contributed by atoms with Crippen molar-refractivity contribution >= 4 is 0 Å². The van der Waals surface area contributed by atoms with Crippen molar-refractivity contribution in [3.63, 3.8) is 0 Å². The number of ether oxygens (including phenoxy) is 1. The number of hydrogen-bond donors (Lipinski definition) is 0. The molecule has 100 valence electrons. The van der Waals surface area contributed by atoms with Crippen LogP contribution >= 0.6 is 0 Å². The highest BCUT2D eigenvalue weighted by atomic mass is 16.5. The zero-order valence-corrected chi connectivity index (χ0v) is 11.9. The summed E-state index contributed by atoms with van der Waals surface area (Å²) < 4.78 is 5.51. The minimum Gasteiger partial charge on any atom is -0.381 e. The van der Waals surface area contributed by atoms with E-state index in [0.717, 1.165) is 31.9 Å². The molecule has 1 aromatic heterocycles. The molecule has 0 N–H and O–H groups in total. The van der Waals surface area contributed by atoms with Gasteiger partial charge in [0.15, 0.2) is 0 Å². The number of hydrogen-bond acceptors (Lipinski definition) is 3. The van der Waals surface area contributed by atoms with Gasteiger partial charge in [-0.15, -0.1) is 0 Å². The maximum atomic E-state index is 5.51. The van der Waals surface area contributed by atoms with Crippen molar-refractivity contribution in [2.24, 2.45) is 0 Å². The first-order valence-electron chi connectivity index (χ1n) is 6.82. The first-order valence-corrected chi connectivity index (χ1v) is 6.82. The van der Waals surface area contributed by atoms with E-state index in [9.17, 15) is 0 Å². The van der Waals surface area contributed by atoms with Crippen molar-refractivity contribution in [2.45, 2.75) is 45.7 Å². The van der Waals surface area contributed by atoms with Crippen LogP contribution < -0.4 is 0 Å². The van der Waals surface area contributed by atoms with Crippen LogP contribution in [0.15, 0.2) is 12.1 Å². The number of pyridine rings is 1. The molecule has 3 heteroatoms. The Kier molecular flexibility index (Phi) is 4.36. The fourth-order valence-corrected chi connectivity index (χ4v) is 2.32. The fraction of sp³-hybridized carbons (Fsp3) is 0.667. The van der Waals surface area contributed by atoms with Gasteiger partial charge in [-0.1, -0.05) is 6.07 Å². The standard InChI is InChI=1S/C15H24N2O/c1-11(2)17(4)9-15-14(6-5-12(3)16-15)13-7-8-18-10-13/h5-6,11,13H,7-10H2,1-4H3/t13-/m1/s1. The van der Waals surface area contributed by atoms with E-state index in [-0.39, 0.29) is 0 Å². The second-order valence-corrected chi connectivity index (χ2v) is 5.56. The fourth-order valence-electron chi connectivity index (χ4n) is 2.32. The SMILES string of the molecule is Cc1ccc([C@@H]2CCOC2)c(CN(C)C(C)C)n1. The first-order chi connectivity index (χ1) is 8.58. The lowest BCUT2D eigenvalue weighted by atomic mass is 9.96. The lowest BCUT2D eigenvalue weighted by Gasteiger charge is -2.23. The number of nitrogens with zero attached hydrogens (tertiary/aromatic N) is 2. The third-order valence-electron chi connectivity index (χ3n) is 3.80. The number of aromatic nitrogens is 1. The summed E-state index contributed by atoms with van der Waals surface area (Å²) in [5.74, 6) is 0.536. The summed E-state index contributed by atoms with van der Waals surface area (Å²) >= 11 is 0. The zero-order valence-electron chi connectivity index (χ0n) is 11.9. The summed E-state index contributed by atoms with van der Waals surface area (Å²) in [5.41, 5.74) is 3.71. The van der Waals surface area contributed by atoms with Crippen molar-refractivity contribution in [3.8, 4) is 0 Å². The van der Waals surface area contributed by atoms with Gasteiger partial charge in [-0.2, -0.15) is 0 Å². The van der Waals surface area contributed by atoms with E-state index in [1.165, 1.54) is 11.3 Å². The van der Waals surface area contributed by atoms with Crippen LogP contribution in [0.2, 0.25) is 0 Å². The Balaban J connectivity index is 2.22. The van der Waals surface area contributed by atoms with Crippen LogP contribution in [0, 0.1) is 6.92 Å². The molecule has 1 aromatic rings. The zero-order chi connectivity index (χ0) is 13.1. The highest BCUT2D eigenvalue weighted by Gasteiger charge is 2.22. The van der Waals surface area contributed by atoms with E-state index >= 15 is 0 Å². The molecule has 1 aliphatic heterocycles. The molecule has 0 radical (unpaired) electrons. The van der Waals surface area contributed by atoms with E-state index in [4.69, 9.17) is 9.72 Å². The van der Waals surface area contributed by atoms with Crippen molar-refractivity contribution in [1.29, 1.82) is 0 Å². The van der Waals surface area contributed by atoms with Gasteiger partial charge < -0.3 is 4.74 Å². The first kappa shape index (κ1) is 13.5. The molecule has 3 nitrogen and oxygen atoms in total. The highest BCUT2D eigenvalue weighted by molar-refractivity contribution is 5.27. The molecule has 2 heterocycles. The minimum absolute atomic E-state index is 0.536. The average Bonchev–Trinajstić information content (AvgIpc) is 2.82. The van der Waals surface area contributed by atoms with Gasteiger partial charge >= 0.3 is 0 Å². The van der Waals surface area contributed by atoms with E-state index in [1.807, 2.05) is 0 Å². The molecule has 2 rings (SSSR count). The molecule has 1 fully saturated rings. The summed E-state index contributed by atoms with van der Waals surface area (Å²) in [6.07, 6.45) is 1.13. The van der Waals surface area contributed by atoms with Gasteiger partial charge in [-0.3, -0.25) is 9.88 Å². The molecular weight excluding hydrogens is 224 g/mol. The lowest BCUT2D eigenvalue weighted by molar-refractivity contribution is 0.193. The van der Waals surface area contributed by atoms with Crippen molar-refractivity contribution < 1.29 is 4.74 Å². The largest absolute Gasteiger partial charge is 0.381 e. The topological polar surface area (TPSA) is 25.4 Å². The smallest absolute Gasteiger partial charge is 0.0582 e. The van der Waals surface area contributed by atoms with Gasteiger partial charge in [0, 0.05) is 30.8 Å². The van der Waals surface area contributed by atoms with Crippen LogP contribution in [0.5, 0.6) is 0 Å². The van der Waals surface area contributed by atoms with E-state index in [0.29, 0.717) is 12.0 Å². The monoisotopic (exact) mass is 248 g/mol. The Hall–Kier alpha value is -0.930. The second kappa shape index (κ2) is 5.81. The molecule has 0 spiro atoms. The molecule has 0 saturated carbocycles. The summed E-state index contributed by atoms with van der Waals surface area (Å²) in [6.45, 7) is 9.16. The molecular formula is C15H24N2O. The van der Waals surface area contributed by atoms with Crippen LogP contribution in [-0.4, -0.2) is 36.2 Å². The van der Waals surface area contributed by atoms with Crippen LogP contribution in [0.3, 0.4) is 0 Å². The molecule has 0 aromatic carbocycles. The van der Waals surface area contributed by atoms with Crippen LogP contribution in [0.25, 0.3) is 0 Å². The van der Waals surface area contributed by atoms with Gasteiger partial charge in [0.2, 0.25) is 0 Å². The molecule has 0 amide bonds. The predicted octanol–water partition coefficient (Wildman–Crippen LogP) is 2.73. The van der Waals surface area contributed by atoms with E-state index in [2.05, 4.69) is 44.9 Å². The quantitative estimate of drug-likeness (QED) is 0.819. The summed E-state index contributed by atoms with van der Waals surface area (Å²) in [4.78, 5) is 7.08. The van der Waals surface area contributed by atoms with Gasteiger partial charge in [-0.25, -0.2) is 0 Å². The van der Waals surface area contributed by atoms with Crippen molar-refractivity contribution in [1.82, 2.24) is 9.88 Å². The Labute approximate surface area is 110 Å². The Morgan fingerprint density at radius 2 is 2.22 bits per heavy atom. The molecule has 1 aliphatic rings. The normalized spacial score (nSPS) is 20.0. The van der Waals surface area contributed by atoms with E-state index < -0.39 is 0 Å². The minimum atomic E-state index is 0.536. The summed E-state index contributed by atoms with van der Waals surface area (Å²) in [7, 11) is 2.16. The van der Waals surface area contributed by atoms with Crippen LogP contribution in [0.4, 0.5) is 0 Å². The van der Waals surface area contributed by atoms with Gasteiger partial charge in [-0.05, 0) is 45.9 Å². The number of aryl methyl sites for hydroxylation is 1. The second-order valence-electron chi connectivity index (χ2n) is 5.56. The van der Waals surface area contributed by atoms with E-state index in [1.54, 1.807) is 0 Å². The maximum absolute atomic E-state index is 5.51. The molecule has 18 heavy (non-hydrogen) atoms. The maximum Gasteiger partial charge on any atom is 0.0582 e. The van der Waals surface area contributed by atoms with Gasteiger partial charge in [0.05, 0.1) is 12.3 Å². The third kappa shape index (κ3) is 3.09. The number of rotatable bonds is 4. The van der Waals surface area contributed by atoms with Gasteiger partial charge in [0.25, 0.3) is 0 Å². The highest BCUT2D eigenvalue weighted by Crippen LogP contribution is 2.28. The summed E-state index contributed by atoms with van der Waals surface area (Å²) in [6, 6.07) is 4.90. The Morgan fingerprint density at radius 1 is 1.44 bits per heavy atom. The molecule has 1 atom stereocenters. The Morgan fingerprint density at radius 3 is 2.83 bits per heavy atom. The summed E-state index contributed by atoms with van der Waals surface area (Å²) in [5, 5.41) is 0. The van der Waals surface area contributed by atoms with Crippen LogP contribution in [-0.2, 0) is 11.3 Å². The molecule has 0 bridgehead atoms. The molecule has 0 unspecified atom stereocenters. The predicted molar refractivity (Wildman–Crippen MR) is 73.8 cm³/mol. The molecule has 0 aliphatic carbocycles. The molecule has 1 saturated heterocycles. The third-order valence-corrected chi connectivity index (χ3v) is 3.80. The average molecular weight is 248 g/mol.